The van der Waals surface area contributed by atoms with Crippen molar-refractivity contribution in [3.8, 4) is 0 Å². The number of nitrogens with zero attached hydrogens (tertiary/aromatic N) is 1. The lowest BCUT2D eigenvalue weighted by atomic mass is 10.2. The van der Waals surface area contributed by atoms with Crippen molar-refractivity contribution < 1.29 is 17.6 Å². The maximum absolute atomic E-state index is 13.9. The second kappa shape index (κ2) is 8.18. The molecule has 2 N–H and O–H groups in total. The van der Waals surface area contributed by atoms with E-state index in [0.717, 1.165) is 0 Å². The van der Waals surface area contributed by atoms with Gasteiger partial charge in [-0.3, -0.25) is 4.79 Å². The number of rotatable bonds is 6. The van der Waals surface area contributed by atoms with Crippen molar-refractivity contribution in [3.63, 3.8) is 0 Å². The van der Waals surface area contributed by atoms with E-state index in [4.69, 9.17) is 0 Å². The summed E-state index contributed by atoms with van der Waals surface area (Å²) in [7, 11) is -3.39. The van der Waals surface area contributed by atoms with Gasteiger partial charge >= 0.3 is 0 Å². The first-order valence-electron chi connectivity index (χ1n) is 8.51. The molecule has 144 valence electrons. The number of sulfone groups is 1. The molecule has 0 atom stereocenters. The molecule has 1 heterocycles. The van der Waals surface area contributed by atoms with Crippen LogP contribution in [-0.4, -0.2) is 25.1 Å². The Morgan fingerprint density at radius 2 is 1.86 bits per heavy atom. The summed E-state index contributed by atoms with van der Waals surface area (Å²) in [5, 5.41) is 5.47. The molecule has 0 aliphatic heterocycles. The number of aromatic nitrogens is 1. The van der Waals surface area contributed by atoms with Gasteiger partial charge in [-0.1, -0.05) is 25.1 Å². The first-order valence-corrected chi connectivity index (χ1v) is 10.2. The first kappa shape index (κ1) is 19.5. The summed E-state index contributed by atoms with van der Waals surface area (Å²) in [5.41, 5.74) is 0.709. The molecule has 0 radical (unpaired) electrons. The highest BCUT2D eigenvalue weighted by atomic mass is 32.2. The Labute approximate surface area is 162 Å². The van der Waals surface area contributed by atoms with Crippen LogP contribution in [0.2, 0.25) is 0 Å². The number of carbonyl (C=O) groups excluding carboxylic acids is 1. The van der Waals surface area contributed by atoms with Crippen LogP contribution in [0, 0.1) is 5.82 Å². The summed E-state index contributed by atoms with van der Waals surface area (Å²) in [6.07, 6.45) is 1.48. The van der Waals surface area contributed by atoms with Crippen LogP contribution in [0.25, 0.3) is 0 Å². The lowest BCUT2D eigenvalue weighted by Gasteiger charge is -2.12. The van der Waals surface area contributed by atoms with Crippen molar-refractivity contribution in [3.05, 3.63) is 78.2 Å². The molecule has 0 fully saturated rings. The number of hydrogen-bond acceptors (Lipinski definition) is 5. The second-order valence-electron chi connectivity index (χ2n) is 5.89. The molecule has 3 aromatic rings. The lowest BCUT2D eigenvalue weighted by molar-refractivity contribution is 0.102. The average Bonchev–Trinajstić information content (AvgIpc) is 2.70. The molecule has 1 amide bonds. The van der Waals surface area contributed by atoms with Crippen LogP contribution in [0.1, 0.15) is 17.3 Å². The number of carbonyl (C=O) groups is 1. The first-order chi connectivity index (χ1) is 13.4. The Kier molecular flexibility index (Phi) is 5.70. The zero-order chi connectivity index (χ0) is 20.1. The highest BCUT2D eigenvalue weighted by molar-refractivity contribution is 7.91. The van der Waals surface area contributed by atoms with E-state index in [1.807, 2.05) is 0 Å². The van der Waals surface area contributed by atoms with Crippen LogP contribution < -0.4 is 10.6 Å². The van der Waals surface area contributed by atoms with Crippen LogP contribution in [0.5, 0.6) is 0 Å². The van der Waals surface area contributed by atoms with Crippen molar-refractivity contribution in [2.75, 3.05) is 16.4 Å². The van der Waals surface area contributed by atoms with Gasteiger partial charge < -0.3 is 10.6 Å². The van der Waals surface area contributed by atoms with Crippen molar-refractivity contribution in [1.82, 2.24) is 4.98 Å². The zero-order valence-electron chi connectivity index (χ0n) is 15.0. The summed E-state index contributed by atoms with van der Waals surface area (Å²) < 4.78 is 38.0. The Morgan fingerprint density at radius 1 is 1.07 bits per heavy atom. The number of nitrogens with one attached hydrogen (secondary N) is 2. The van der Waals surface area contributed by atoms with Crippen molar-refractivity contribution in [2.45, 2.75) is 11.8 Å². The van der Waals surface area contributed by atoms with Crippen molar-refractivity contribution >= 4 is 32.9 Å². The molecule has 0 saturated carbocycles. The summed E-state index contributed by atoms with van der Waals surface area (Å²) >= 11 is 0. The van der Waals surface area contributed by atoms with E-state index in [9.17, 15) is 17.6 Å². The van der Waals surface area contributed by atoms with Crippen molar-refractivity contribution in [1.29, 1.82) is 0 Å². The molecular formula is C20H18FN3O3S. The molecule has 0 spiro atoms. The minimum atomic E-state index is -3.39. The van der Waals surface area contributed by atoms with Gasteiger partial charge in [0.25, 0.3) is 5.91 Å². The number of hydrogen-bond donors (Lipinski definition) is 2. The van der Waals surface area contributed by atoms with Crippen molar-refractivity contribution in [2.24, 2.45) is 0 Å². The number of amides is 1. The number of para-hydroxylation sites is 1. The van der Waals surface area contributed by atoms with Gasteiger partial charge in [-0.15, -0.1) is 0 Å². The molecule has 0 unspecified atom stereocenters. The normalized spacial score (nSPS) is 11.1. The third kappa shape index (κ3) is 4.34. The van der Waals surface area contributed by atoms with Gasteiger partial charge in [0, 0.05) is 11.9 Å². The van der Waals surface area contributed by atoms with Gasteiger partial charge in [-0.25, -0.2) is 17.8 Å². The number of anilines is 3. The molecule has 6 nitrogen and oxygen atoms in total. The maximum atomic E-state index is 13.9. The van der Waals surface area contributed by atoms with E-state index in [-0.39, 0.29) is 27.7 Å². The highest BCUT2D eigenvalue weighted by Crippen LogP contribution is 2.23. The molecule has 8 heteroatoms. The van der Waals surface area contributed by atoms with Crippen LogP contribution in [0.15, 0.2) is 71.8 Å². The Bertz CT molecular complexity index is 1120. The molecule has 1 aromatic heterocycles. The van der Waals surface area contributed by atoms with Gasteiger partial charge in [-0.2, -0.15) is 0 Å². The predicted octanol–water partition coefficient (Wildman–Crippen LogP) is 4.01. The molecule has 0 aliphatic carbocycles. The topological polar surface area (TPSA) is 88.2 Å². The maximum Gasteiger partial charge on any atom is 0.259 e. The number of halogens is 1. The van der Waals surface area contributed by atoms with E-state index in [1.165, 1.54) is 36.5 Å². The summed E-state index contributed by atoms with van der Waals surface area (Å²) in [5.74, 6) is -0.832. The van der Waals surface area contributed by atoms with E-state index in [0.29, 0.717) is 5.69 Å². The SMILES string of the molecule is CCS(=O)(=O)c1cccc(NC(=O)c2cccnc2Nc2ccccc2F)c1. The predicted molar refractivity (Wildman–Crippen MR) is 106 cm³/mol. The third-order valence-electron chi connectivity index (χ3n) is 4.01. The van der Waals surface area contributed by atoms with Crippen LogP contribution in [0.4, 0.5) is 21.6 Å². The molecule has 3 rings (SSSR count). The smallest absolute Gasteiger partial charge is 0.259 e. The van der Waals surface area contributed by atoms with Crippen LogP contribution in [0.3, 0.4) is 0 Å². The van der Waals surface area contributed by atoms with Gasteiger partial charge in [0.15, 0.2) is 9.84 Å². The Morgan fingerprint density at radius 3 is 2.61 bits per heavy atom. The lowest BCUT2D eigenvalue weighted by Crippen LogP contribution is -2.15. The Hall–Kier alpha value is -3.26. The quantitative estimate of drug-likeness (QED) is 0.654. The minimum Gasteiger partial charge on any atom is -0.337 e. The second-order valence-corrected chi connectivity index (χ2v) is 8.17. The molecule has 0 aliphatic rings. The average molecular weight is 399 g/mol. The third-order valence-corrected chi connectivity index (χ3v) is 5.74. The Balaban J connectivity index is 1.86. The van der Waals surface area contributed by atoms with Gasteiger partial charge in [-0.05, 0) is 42.5 Å². The van der Waals surface area contributed by atoms with E-state index in [1.54, 1.807) is 37.3 Å². The monoisotopic (exact) mass is 399 g/mol. The number of benzene rings is 2. The molecule has 0 bridgehead atoms. The fourth-order valence-electron chi connectivity index (χ4n) is 2.51. The summed E-state index contributed by atoms with van der Waals surface area (Å²) in [4.78, 5) is 16.9. The molecule has 0 saturated heterocycles. The minimum absolute atomic E-state index is 0.0380. The molecule has 2 aromatic carbocycles. The number of pyridine rings is 1. The molecular weight excluding hydrogens is 381 g/mol. The largest absolute Gasteiger partial charge is 0.337 e. The van der Waals surface area contributed by atoms with Crippen LogP contribution >= 0.6 is 0 Å². The standard InChI is InChI=1S/C20H18FN3O3S/c1-2-28(26,27)15-8-5-7-14(13-15)23-20(25)16-9-6-12-22-19(16)24-18-11-4-3-10-17(18)21/h3-13H,2H2,1H3,(H,22,24)(H,23,25). The van der Waals surface area contributed by atoms with Gasteiger partial charge in [0.05, 0.1) is 21.9 Å². The summed E-state index contributed by atoms with van der Waals surface area (Å²) in [6.45, 7) is 1.55. The van der Waals surface area contributed by atoms with Crippen LogP contribution in [-0.2, 0) is 9.84 Å². The van der Waals surface area contributed by atoms with Gasteiger partial charge in [0.2, 0.25) is 0 Å². The van der Waals surface area contributed by atoms with E-state index < -0.39 is 21.6 Å². The van der Waals surface area contributed by atoms with Gasteiger partial charge in [0.1, 0.15) is 11.6 Å². The molecule has 28 heavy (non-hydrogen) atoms. The van der Waals surface area contributed by atoms with E-state index in [2.05, 4.69) is 15.6 Å². The fraction of sp³-hybridized carbons (Fsp3) is 0.100. The summed E-state index contributed by atoms with van der Waals surface area (Å²) in [6, 6.07) is 15.2. The highest BCUT2D eigenvalue weighted by Gasteiger charge is 2.16. The zero-order valence-corrected chi connectivity index (χ0v) is 15.8. The fourth-order valence-corrected chi connectivity index (χ4v) is 3.44. The van der Waals surface area contributed by atoms with E-state index >= 15 is 0 Å².